The second kappa shape index (κ2) is 5.62. The van der Waals surface area contributed by atoms with Gasteiger partial charge >= 0.3 is 0 Å². The normalized spacial score (nSPS) is 12.5. The molecule has 1 rings (SSSR count). The zero-order chi connectivity index (χ0) is 10.4. The molecule has 1 atom stereocenters. The van der Waals surface area contributed by atoms with Gasteiger partial charge in [-0.1, -0.05) is 12.1 Å². The van der Waals surface area contributed by atoms with Gasteiger partial charge in [-0.25, -0.2) is 0 Å². The SMILES string of the molecule is CCON[C@@H](C)c1cccc(OC)c1. The molecule has 78 valence electrons. The minimum atomic E-state index is 0.171. The van der Waals surface area contributed by atoms with Crippen LogP contribution in [-0.4, -0.2) is 13.7 Å². The summed E-state index contributed by atoms with van der Waals surface area (Å²) in [5.74, 6) is 0.868. The number of methoxy groups -OCH3 is 1. The maximum atomic E-state index is 5.14. The average Bonchev–Trinajstić information content (AvgIpc) is 2.26. The van der Waals surface area contributed by atoms with E-state index in [9.17, 15) is 0 Å². The van der Waals surface area contributed by atoms with Crippen LogP contribution in [0.1, 0.15) is 25.5 Å². The highest BCUT2D eigenvalue weighted by atomic mass is 16.6. The van der Waals surface area contributed by atoms with E-state index in [1.54, 1.807) is 7.11 Å². The Labute approximate surface area is 85.0 Å². The van der Waals surface area contributed by atoms with Crippen LogP contribution < -0.4 is 10.2 Å². The topological polar surface area (TPSA) is 30.5 Å². The van der Waals surface area contributed by atoms with Gasteiger partial charge < -0.3 is 9.57 Å². The Kier molecular flexibility index (Phi) is 4.43. The van der Waals surface area contributed by atoms with Crippen LogP contribution in [0.4, 0.5) is 0 Å². The number of hydrogen-bond acceptors (Lipinski definition) is 3. The molecule has 0 amide bonds. The number of benzene rings is 1. The largest absolute Gasteiger partial charge is 0.497 e. The highest BCUT2D eigenvalue weighted by Gasteiger charge is 2.04. The Balaban J connectivity index is 2.64. The fraction of sp³-hybridized carbons (Fsp3) is 0.455. The van der Waals surface area contributed by atoms with E-state index in [1.165, 1.54) is 0 Å². The zero-order valence-electron chi connectivity index (χ0n) is 8.91. The molecule has 1 aromatic rings. The molecule has 3 nitrogen and oxygen atoms in total. The third-order valence-corrected chi connectivity index (χ3v) is 2.00. The molecule has 0 unspecified atom stereocenters. The van der Waals surface area contributed by atoms with E-state index in [0.717, 1.165) is 11.3 Å². The van der Waals surface area contributed by atoms with Gasteiger partial charge in [-0.05, 0) is 31.5 Å². The van der Waals surface area contributed by atoms with Crippen molar-refractivity contribution in [1.29, 1.82) is 0 Å². The zero-order valence-corrected chi connectivity index (χ0v) is 8.91. The van der Waals surface area contributed by atoms with Crippen LogP contribution in [0.2, 0.25) is 0 Å². The van der Waals surface area contributed by atoms with Crippen molar-refractivity contribution in [3.63, 3.8) is 0 Å². The Morgan fingerprint density at radius 2 is 2.21 bits per heavy atom. The van der Waals surface area contributed by atoms with Crippen LogP contribution in [0.3, 0.4) is 0 Å². The lowest BCUT2D eigenvalue weighted by molar-refractivity contribution is 0.0284. The van der Waals surface area contributed by atoms with Gasteiger partial charge in [-0.15, -0.1) is 0 Å². The highest BCUT2D eigenvalue weighted by Crippen LogP contribution is 2.18. The summed E-state index contributed by atoms with van der Waals surface area (Å²) < 4.78 is 5.14. The maximum absolute atomic E-state index is 5.14. The maximum Gasteiger partial charge on any atom is 0.119 e. The summed E-state index contributed by atoms with van der Waals surface area (Å²) >= 11 is 0. The first-order valence-electron chi connectivity index (χ1n) is 4.79. The minimum Gasteiger partial charge on any atom is -0.497 e. The quantitative estimate of drug-likeness (QED) is 0.731. The van der Waals surface area contributed by atoms with Crippen molar-refractivity contribution >= 4 is 0 Å². The van der Waals surface area contributed by atoms with Crippen molar-refractivity contribution in [2.45, 2.75) is 19.9 Å². The standard InChI is InChI=1S/C11H17NO2/c1-4-14-12-9(2)10-6-5-7-11(8-10)13-3/h5-9,12H,4H2,1-3H3/t9-/m0/s1. The molecule has 0 bridgehead atoms. The van der Waals surface area contributed by atoms with Crippen molar-refractivity contribution < 1.29 is 9.57 Å². The second-order valence-corrected chi connectivity index (χ2v) is 3.05. The van der Waals surface area contributed by atoms with Crippen molar-refractivity contribution in [2.24, 2.45) is 0 Å². The lowest BCUT2D eigenvalue weighted by Gasteiger charge is -2.13. The molecule has 1 aromatic carbocycles. The van der Waals surface area contributed by atoms with Gasteiger partial charge in [0, 0.05) is 0 Å². The number of hydroxylamine groups is 1. The van der Waals surface area contributed by atoms with E-state index in [4.69, 9.17) is 9.57 Å². The molecule has 0 saturated carbocycles. The van der Waals surface area contributed by atoms with Crippen molar-refractivity contribution in [1.82, 2.24) is 5.48 Å². The van der Waals surface area contributed by atoms with Crippen molar-refractivity contribution in [2.75, 3.05) is 13.7 Å². The van der Waals surface area contributed by atoms with Gasteiger partial charge in [-0.2, -0.15) is 5.48 Å². The molecule has 0 fully saturated rings. The second-order valence-electron chi connectivity index (χ2n) is 3.05. The fourth-order valence-corrected chi connectivity index (χ4v) is 1.19. The number of ether oxygens (including phenoxy) is 1. The molecular weight excluding hydrogens is 178 g/mol. The van der Waals surface area contributed by atoms with E-state index in [0.29, 0.717) is 6.61 Å². The van der Waals surface area contributed by atoms with Gasteiger partial charge in [0.15, 0.2) is 0 Å². The molecule has 14 heavy (non-hydrogen) atoms. The predicted octanol–water partition coefficient (Wildman–Crippen LogP) is 2.30. The van der Waals surface area contributed by atoms with Gasteiger partial charge in [0.05, 0.1) is 19.8 Å². The Morgan fingerprint density at radius 3 is 2.86 bits per heavy atom. The molecule has 0 aliphatic heterocycles. The van der Waals surface area contributed by atoms with E-state index < -0.39 is 0 Å². The monoisotopic (exact) mass is 195 g/mol. The van der Waals surface area contributed by atoms with E-state index in [2.05, 4.69) is 5.48 Å². The molecule has 3 heteroatoms. The Bertz CT molecular complexity index is 276. The first kappa shape index (κ1) is 11.0. The molecule has 0 radical (unpaired) electrons. The van der Waals surface area contributed by atoms with E-state index >= 15 is 0 Å². The summed E-state index contributed by atoms with van der Waals surface area (Å²) in [6.45, 7) is 4.66. The molecule has 0 spiro atoms. The molecule has 0 heterocycles. The van der Waals surface area contributed by atoms with E-state index in [-0.39, 0.29) is 6.04 Å². The molecule has 1 N–H and O–H groups in total. The Morgan fingerprint density at radius 1 is 1.43 bits per heavy atom. The molecule has 0 aromatic heterocycles. The third kappa shape index (κ3) is 3.01. The van der Waals surface area contributed by atoms with Gasteiger partial charge in [0.25, 0.3) is 0 Å². The van der Waals surface area contributed by atoms with Crippen molar-refractivity contribution in [3.8, 4) is 5.75 Å². The van der Waals surface area contributed by atoms with Crippen LogP contribution >= 0.6 is 0 Å². The first-order valence-corrected chi connectivity index (χ1v) is 4.79. The minimum absolute atomic E-state index is 0.171. The molecular formula is C11H17NO2. The van der Waals surface area contributed by atoms with Gasteiger partial charge in [0.1, 0.15) is 5.75 Å². The smallest absolute Gasteiger partial charge is 0.119 e. The average molecular weight is 195 g/mol. The molecule has 0 aliphatic rings. The molecule has 0 saturated heterocycles. The van der Waals surface area contributed by atoms with Crippen LogP contribution in [0.5, 0.6) is 5.75 Å². The van der Waals surface area contributed by atoms with E-state index in [1.807, 2.05) is 38.1 Å². The summed E-state index contributed by atoms with van der Waals surface area (Å²) in [5.41, 5.74) is 4.10. The lowest BCUT2D eigenvalue weighted by Crippen LogP contribution is -2.18. The van der Waals surface area contributed by atoms with Crippen molar-refractivity contribution in [3.05, 3.63) is 29.8 Å². The summed E-state index contributed by atoms with van der Waals surface area (Å²) in [5, 5.41) is 0. The number of hydrogen-bond donors (Lipinski definition) is 1. The summed E-state index contributed by atoms with van der Waals surface area (Å²) in [6, 6.07) is 8.11. The fourth-order valence-electron chi connectivity index (χ4n) is 1.19. The van der Waals surface area contributed by atoms with Crippen LogP contribution in [0.15, 0.2) is 24.3 Å². The number of nitrogens with one attached hydrogen (secondary N) is 1. The summed E-state index contributed by atoms with van der Waals surface area (Å²) in [7, 11) is 1.67. The third-order valence-electron chi connectivity index (χ3n) is 2.00. The van der Waals surface area contributed by atoms with Crippen LogP contribution in [0, 0.1) is 0 Å². The molecule has 0 aliphatic carbocycles. The summed E-state index contributed by atoms with van der Waals surface area (Å²) in [6.07, 6.45) is 0. The van der Waals surface area contributed by atoms with Crippen LogP contribution in [-0.2, 0) is 4.84 Å². The van der Waals surface area contributed by atoms with Gasteiger partial charge in [-0.3, -0.25) is 0 Å². The first-order chi connectivity index (χ1) is 6.77. The lowest BCUT2D eigenvalue weighted by atomic mass is 10.1. The number of rotatable bonds is 5. The predicted molar refractivity (Wildman–Crippen MR) is 56.2 cm³/mol. The van der Waals surface area contributed by atoms with Gasteiger partial charge in [0.2, 0.25) is 0 Å². The Hall–Kier alpha value is -1.06. The summed E-state index contributed by atoms with van der Waals surface area (Å²) in [4.78, 5) is 5.13. The highest BCUT2D eigenvalue weighted by molar-refractivity contribution is 5.29. The van der Waals surface area contributed by atoms with Crippen LogP contribution in [0.25, 0.3) is 0 Å².